The van der Waals surface area contributed by atoms with Gasteiger partial charge in [-0.25, -0.2) is 8.42 Å². The number of anilines is 1. The second-order valence-corrected chi connectivity index (χ2v) is 13.5. The van der Waals surface area contributed by atoms with Crippen LogP contribution in [0.4, 0.5) is 5.69 Å². The predicted octanol–water partition coefficient (Wildman–Crippen LogP) is 5.92. The van der Waals surface area contributed by atoms with Gasteiger partial charge in [0.05, 0.1) is 24.3 Å². The first-order chi connectivity index (χ1) is 21.2. The SMILES string of the molecule is CCOc1ccc(N(CC(=O)N(Cc2ccc(OC)cc2)C(CC)C(=O)NC2CCCC2)S(=O)(=O)c2ccc(Br)cc2)cc1. The summed E-state index contributed by atoms with van der Waals surface area (Å²) in [5.74, 6) is 0.521. The lowest BCUT2D eigenvalue weighted by molar-refractivity contribution is -0.140. The molecule has 9 nitrogen and oxygen atoms in total. The molecule has 1 unspecified atom stereocenters. The van der Waals surface area contributed by atoms with E-state index in [0.717, 1.165) is 40.0 Å². The zero-order valence-electron chi connectivity index (χ0n) is 25.4. The van der Waals surface area contributed by atoms with Gasteiger partial charge >= 0.3 is 0 Å². The number of nitrogens with one attached hydrogen (secondary N) is 1. The number of carbonyl (C=O) groups excluding carboxylic acids is 2. The van der Waals surface area contributed by atoms with Gasteiger partial charge in [-0.2, -0.15) is 0 Å². The highest BCUT2D eigenvalue weighted by Crippen LogP contribution is 2.28. The van der Waals surface area contributed by atoms with Crippen LogP contribution in [0, 0.1) is 0 Å². The van der Waals surface area contributed by atoms with Gasteiger partial charge in [0.2, 0.25) is 11.8 Å². The number of carbonyl (C=O) groups is 2. The van der Waals surface area contributed by atoms with Crippen molar-refractivity contribution in [1.29, 1.82) is 0 Å². The molecule has 44 heavy (non-hydrogen) atoms. The van der Waals surface area contributed by atoms with Crippen LogP contribution in [0.25, 0.3) is 0 Å². The van der Waals surface area contributed by atoms with Crippen molar-refractivity contribution in [2.45, 2.75) is 69.5 Å². The average Bonchev–Trinajstić information content (AvgIpc) is 3.54. The summed E-state index contributed by atoms with van der Waals surface area (Å²) in [5, 5.41) is 3.13. The molecule has 1 atom stereocenters. The summed E-state index contributed by atoms with van der Waals surface area (Å²) in [7, 11) is -2.59. The quantitative estimate of drug-likeness (QED) is 0.226. The van der Waals surface area contributed by atoms with Crippen molar-refractivity contribution >= 4 is 43.5 Å². The maximum atomic E-state index is 14.3. The van der Waals surface area contributed by atoms with Crippen LogP contribution in [-0.2, 0) is 26.2 Å². The number of hydrogen-bond donors (Lipinski definition) is 1. The van der Waals surface area contributed by atoms with Crippen molar-refractivity contribution in [3.63, 3.8) is 0 Å². The van der Waals surface area contributed by atoms with E-state index in [-0.39, 0.29) is 23.4 Å². The van der Waals surface area contributed by atoms with E-state index in [9.17, 15) is 18.0 Å². The predicted molar refractivity (Wildman–Crippen MR) is 174 cm³/mol. The lowest BCUT2D eigenvalue weighted by Gasteiger charge is -2.33. The molecular weight excluding hydrogens is 646 g/mol. The Labute approximate surface area is 268 Å². The summed E-state index contributed by atoms with van der Waals surface area (Å²) >= 11 is 3.36. The second-order valence-electron chi connectivity index (χ2n) is 10.7. The van der Waals surface area contributed by atoms with Gasteiger partial charge in [0.1, 0.15) is 24.1 Å². The summed E-state index contributed by atoms with van der Waals surface area (Å²) in [6.07, 6.45) is 4.29. The van der Waals surface area contributed by atoms with Crippen molar-refractivity contribution in [3.05, 3.63) is 82.8 Å². The molecule has 0 spiro atoms. The van der Waals surface area contributed by atoms with E-state index >= 15 is 0 Å². The van der Waals surface area contributed by atoms with Crippen LogP contribution in [-0.4, -0.2) is 57.5 Å². The molecule has 0 aliphatic heterocycles. The minimum absolute atomic E-state index is 0.0371. The van der Waals surface area contributed by atoms with Crippen molar-refractivity contribution in [2.24, 2.45) is 0 Å². The highest BCUT2D eigenvalue weighted by molar-refractivity contribution is 9.10. The molecule has 0 saturated heterocycles. The molecule has 1 saturated carbocycles. The summed E-state index contributed by atoms with van der Waals surface area (Å²) in [5.41, 5.74) is 1.09. The van der Waals surface area contributed by atoms with Gasteiger partial charge in [-0.1, -0.05) is 47.8 Å². The summed E-state index contributed by atoms with van der Waals surface area (Å²) in [6.45, 7) is 3.79. The van der Waals surface area contributed by atoms with E-state index in [2.05, 4.69) is 21.2 Å². The largest absolute Gasteiger partial charge is 0.497 e. The van der Waals surface area contributed by atoms with Crippen LogP contribution in [0.2, 0.25) is 0 Å². The molecule has 1 aliphatic rings. The third-order valence-corrected chi connectivity index (χ3v) is 10.0. The Morgan fingerprint density at radius 1 is 0.932 bits per heavy atom. The Morgan fingerprint density at radius 3 is 2.11 bits per heavy atom. The number of halogens is 1. The Kier molecular flexibility index (Phi) is 11.7. The molecule has 2 amide bonds. The fourth-order valence-corrected chi connectivity index (χ4v) is 7.03. The van der Waals surface area contributed by atoms with Crippen molar-refractivity contribution in [1.82, 2.24) is 10.2 Å². The Balaban J connectivity index is 1.71. The molecule has 3 aromatic carbocycles. The van der Waals surface area contributed by atoms with E-state index in [0.29, 0.717) is 30.2 Å². The molecule has 236 valence electrons. The smallest absolute Gasteiger partial charge is 0.264 e. The fourth-order valence-electron chi connectivity index (χ4n) is 5.35. The number of benzene rings is 3. The molecule has 0 bridgehead atoms. The highest BCUT2D eigenvalue weighted by atomic mass is 79.9. The van der Waals surface area contributed by atoms with E-state index in [1.165, 1.54) is 17.0 Å². The monoisotopic (exact) mass is 685 g/mol. The lowest BCUT2D eigenvalue weighted by atomic mass is 10.1. The summed E-state index contributed by atoms with van der Waals surface area (Å²) in [6, 6.07) is 19.4. The summed E-state index contributed by atoms with van der Waals surface area (Å²) in [4.78, 5) is 29.4. The zero-order chi connectivity index (χ0) is 31.7. The van der Waals surface area contributed by atoms with Crippen LogP contribution in [0.15, 0.2) is 82.2 Å². The third kappa shape index (κ3) is 8.32. The first-order valence-corrected chi connectivity index (χ1v) is 17.1. The molecule has 1 fully saturated rings. The minimum atomic E-state index is -4.17. The third-order valence-electron chi connectivity index (χ3n) is 7.72. The van der Waals surface area contributed by atoms with Crippen molar-refractivity contribution in [3.8, 4) is 11.5 Å². The number of rotatable bonds is 14. The molecule has 3 aromatic rings. The first kappa shape index (κ1) is 33.3. The molecule has 0 heterocycles. The normalized spacial score (nSPS) is 14.1. The maximum Gasteiger partial charge on any atom is 0.264 e. The van der Waals surface area contributed by atoms with Crippen molar-refractivity contribution in [2.75, 3.05) is 24.6 Å². The number of sulfonamides is 1. The standard InChI is InChI=1S/C33H40BrN3O6S/c1-4-31(33(39)35-26-8-6-7-9-26)36(22-24-10-16-28(42-3)17-11-24)32(38)23-37(27-14-18-29(19-15-27)43-5-2)44(40,41)30-20-12-25(34)13-21-30/h10-21,26,31H,4-9,22-23H2,1-3H3,(H,35,39). The van der Waals surface area contributed by atoms with Crippen LogP contribution >= 0.6 is 15.9 Å². The second kappa shape index (κ2) is 15.4. The van der Waals surface area contributed by atoms with Crippen LogP contribution in [0.5, 0.6) is 11.5 Å². The molecular formula is C33H40BrN3O6S. The lowest BCUT2D eigenvalue weighted by Crippen LogP contribution is -2.53. The van der Waals surface area contributed by atoms with Crippen molar-refractivity contribution < 1.29 is 27.5 Å². The van der Waals surface area contributed by atoms with Gasteiger partial charge in [-0.05, 0) is 92.4 Å². The van der Waals surface area contributed by atoms with Gasteiger partial charge in [-0.3, -0.25) is 13.9 Å². The van der Waals surface area contributed by atoms with Gasteiger partial charge in [-0.15, -0.1) is 0 Å². The first-order valence-electron chi connectivity index (χ1n) is 14.9. The van der Waals surface area contributed by atoms with E-state index in [1.807, 2.05) is 26.0 Å². The molecule has 11 heteroatoms. The summed E-state index contributed by atoms with van der Waals surface area (Å²) < 4.78 is 40.8. The van der Waals surface area contributed by atoms with E-state index in [4.69, 9.17) is 9.47 Å². The van der Waals surface area contributed by atoms with Crippen LogP contribution < -0.4 is 19.1 Å². The zero-order valence-corrected chi connectivity index (χ0v) is 27.8. The van der Waals surface area contributed by atoms with E-state index in [1.54, 1.807) is 55.6 Å². The molecule has 0 aromatic heterocycles. The fraction of sp³-hybridized carbons (Fsp3) is 0.394. The number of amides is 2. The van der Waals surface area contributed by atoms with Crippen LogP contribution in [0.3, 0.4) is 0 Å². The van der Waals surface area contributed by atoms with Gasteiger partial charge < -0.3 is 19.7 Å². The van der Waals surface area contributed by atoms with Gasteiger partial charge in [0, 0.05) is 17.1 Å². The number of nitrogens with zero attached hydrogens (tertiary/aromatic N) is 2. The van der Waals surface area contributed by atoms with Gasteiger partial charge in [0.15, 0.2) is 0 Å². The Hall–Kier alpha value is -3.57. The topological polar surface area (TPSA) is 105 Å². The minimum Gasteiger partial charge on any atom is -0.497 e. The maximum absolute atomic E-state index is 14.3. The number of ether oxygens (including phenoxy) is 2. The Bertz CT molecular complexity index is 1490. The average molecular weight is 687 g/mol. The number of methoxy groups -OCH3 is 1. The highest BCUT2D eigenvalue weighted by Gasteiger charge is 2.34. The molecule has 0 radical (unpaired) electrons. The molecule has 1 aliphatic carbocycles. The van der Waals surface area contributed by atoms with Gasteiger partial charge in [0.25, 0.3) is 10.0 Å². The molecule has 1 N–H and O–H groups in total. The van der Waals surface area contributed by atoms with Crippen LogP contribution in [0.1, 0.15) is 51.5 Å². The Morgan fingerprint density at radius 2 is 1.55 bits per heavy atom. The number of hydrogen-bond acceptors (Lipinski definition) is 6. The molecule has 4 rings (SSSR count). The van der Waals surface area contributed by atoms with E-state index < -0.39 is 28.5 Å².